The first-order valence-corrected chi connectivity index (χ1v) is 6.22. The Morgan fingerprint density at radius 2 is 1.55 bits per heavy atom. The minimum absolute atomic E-state index is 0. The van der Waals surface area contributed by atoms with E-state index in [2.05, 4.69) is 38.2 Å². The summed E-state index contributed by atoms with van der Waals surface area (Å²) in [5.74, 6) is -0.0355. The van der Waals surface area contributed by atoms with E-state index in [1.807, 2.05) is 6.07 Å². The fourth-order valence-corrected chi connectivity index (χ4v) is 2.87. The Hall–Kier alpha value is -1.56. The quantitative estimate of drug-likeness (QED) is 0.413. The van der Waals surface area contributed by atoms with Gasteiger partial charge in [-0.2, -0.15) is 0 Å². The van der Waals surface area contributed by atoms with Crippen LogP contribution in [0.5, 0.6) is 0 Å². The number of benzene rings is 1. The molecule has 0 amide bonds. The van der Waals surface area contributed by atoms with Crippen LogP contribution in [0.1, 0.15) is 36.8 Å². The third kappa shape index (κ3) is 5.02. The predicted molar refractivity (Wildman–Crippen MR) is 68.2 cm³/mol. The van der Waals surface area contributed by atoms with E-state index in [1.54, 1.807) is 0 Å². The topological polar surface area (TPSA) is 86.0 Å². The van der Waals surface area contributed by atoms with Crippen LogP contribution >= 0.6 is 0 Å². The third-order valence-electron chi connectivity index (χ3n) is 3.58. The van der Waals surface area contributed by atoms with Crippen LogP contribution in [0.15, 0.2) is 24.3 Å². The molecule has 1 atom stereocenters. The molecule has 5 nitrogen and oxygen atoms in total. The molecule has 1 saturated heterocycles. The number of rotatable bonds is 0. The summed E-state index contributed by atoms with van der Waals surface area (Å²) < 4.78 is 28.1. The molecule has 1 heterocycles. The summed E-state index contributed by atoms with van der Waals surface area (Å²) in [5.41, 5.74) is 2.34. The van der Waals surface area contributed by atoms with Gasteiger partial charge in [0.15, 0.2) is 0 Å². The molecule has 1 aliphatic carbocycles. The van der Waals surface area contributed by atoms with E-state index in [0.717, 1.165) is 25.7 Å². The Morgan fingerprint density at radius 1 is 0.955 bits per heavy atom. The van der Waals surface area contributed by atoms with Gasteiger partial charge >= 0.3 is 39.9 Å². The summed E-state index contributed by atoms with van der Waals surface area (Å²) >= 11 is 0. The molecule has 0 bridgehead atoms. The Labute approximate surface area is 140 Å². The molecule has 0 aromatic heterocycles. The van der Waals surface area contributed by atoms with Crippen LogP contribution < -0.4 is 0 Å². The van der Waals surface area contributed by atoms with Gasteiger partial charge in [0.05, 0.1) is 0 Å². The van der Waals surface area contributed by atoms with Gasteiger partial charge in [-0.15, -0.1) is 0 Å². The van der Waals surface area contributed by atoms with Crippen molar-refractivity contribution in [3.8, 4) is 0 Å². The number of ether oxygens (including phenoxy) is 1. The van der Waals surface area contributed by atoms with Gasteiger partial charge in [0.25, 0.3) is 0 Å². The molecule has 114 valence electrons. The first kappa shape index (κ1) is 22.7. The molecule has 1 aromatic rings. The maximum absolute atomic E-state index is 11.3. The maximum atomic E-state index is 11.3. The summed E-state index contributed by atoms with van der Waals surface area (Å²) in [6.45, 7) is 13.5. The van der Waals surface area contributed by atoms with Gasteiger partial charge in [0.1, 0.15) is 5.60 Å². The Kier molecular flexibility index (Phi) is 12.4. The molecular weight excluding hydrogens is 324 g/mol. The zero-order valence-corrected chi connectivity index (χ0v) is 13.1. The van der Waals surface area contributed by atoms with Crippen molar-refractivity contribution in [2.24, 2.45) is 0 Å². The Morgan fingerprint density at radius 3 is 2.09 bits per heavy atom. The summed E-state index contributed by atoms with van der Waals surface area (Å²) in [7, 11) is 0. The van der Waals surface area contributed by atoms with Crippen LogP contribution in [0, 0.1) is 20.0 Å². The molecular formula is C16H14CrO5. The molecule has 1 fully saturated rings. The summed E-state index contributed by atoms with van der Waals surface area (Å²) in [4.78, 5) is 11.3. The van der Waals surface area contributed by atoms with Crippen LogP contribution in [0.4, 0.5) is 0 Å². The summed E-state index contributed by atoms with van der Waals surface area (Å²) in [6.07, 6.45) is 4.69. The van der Waals surface area contributed by atoms with E-state index >= 15 is 0 Å². The molecule has 2 aliphatic rings. The fraction of sp³-hybridized carbons (Fsp3) is 0.375. The van der Waals surface area contributed by atoms with Gasteiger partial charge in [0.2, 0.25) is 0 Å². The second-order valence-electron chi connectivity index (χ2n) is 4.48. The van der Waals surface area contributed by atoms with Crippen molar-refractivity contribution in [1.29, 1.82) is 0 Å². The first-order valence-electron chi connectivity index (χ1n) is 6.22. The molecule has 1 unspecified atom stereocenters. The Bertz CT molecular complexity index is 521. The number of fused-ring (bicyclic) bond motifs is 2. The second-order valence-corrected chi connectivity index (χ2v) is 4.48. The monoisotopic (exact) mass is 338 g/mol. The fourth-order valence-electron chi connectivity index (χ4n) is 2.87. The van der Waals surface area contributed by atoms with Crippen molar-refractivity contribution < 1.29 is 40.8 Å². The van der Waals surface area contributed by atoms with Crippen LogP contribution in [0.2, 0.25) is 0 Å². The van der Waals surface area contributed by atoms with E-state index in [9.17, 15) is 4.79 Å². The third-order valence-corrected chi connectivity index (χ3v) is 3.58. The molecule has 22 heavy (non-hydrogen) atoms. The van der Waals surface area contributed by atoms with Gasteiger partial charge < -0.3 is 4.74 Å². The summed E-state index contributed by atoms with van der Waals surface area (Å²) in [5, 5.41) is 0. The molecule has 1 spiro atoms. The zero-order chi connectivity index (χ0) is 16.3. The number of hydrogen-bond acceptors (Lipinski definition) is 2. The molecule has 0 saturated carbocycles. The van der Waals surface area contributed by atoms with E-state index in [4.69, 9.17) is 18.7 Å². The van der Waals surface area contributed by atoms with Crippen LogP contribution in [0.3, 0.4) is 0 Å². The standard InChI is InChI=1S/C13H14O2.3CO.Cr/c14-12-7-9-13(15-12)8-3-5-10-4-1-2-6-11(10)13;3*1-2;/h1-2,4,6H,3,5,7-9H2;;;;. The average molecular weight is 338 g/mol. The van der Waals surface area contributed by atoms with Gasteiger partial charge in [0, 0.05) is 30.2 Å². The molecule has 0 radical (unpaired) electrons. The van der Waals surface area contributed by atoms with Crippen molar-refractivity contribution in [3.63, 3.8) is 0 Å². The molecule has 1 aliphatic heterocycles. The van der Waals surface area contributed by atoms with Gasteiger partial charge in [-0.05, 0) is 30.4 Å². The van der Waals surface area contributed by atoms with Gasteiger partial charge in [-0.1, -0.05) is 24.3 Å². The molecule has 0 N–H and O–H groups in total. The predicted octanol–water partition coefficient (Wildman–Crippen LogP) is 2.44. The number of esters is 1. The van der Waals surface area contributed by atoms with Crippen LogP contribution in [0.25, 0.3) is 0 Å². The number of hydrogen-bond donors (Lipinski definition) is 0. The number of carbonyl (C=O) groups excluding carboxylic acids is 1. The second kappa shape index (κ2) is 12.0. The van der Waals surface area contributed by atoms with E-state index in [0.29, 0.717) is 6.42 Å². The molecule has 3 rings (SSSR count). The van der Waals surface area contributed by atoms with Gasteiger partial charge in [-0.3, -0.25) is 4.79 Å². The Balaban J connectivity index is 0. The molecule has 6 heteroatoms. The van der Waals surface area contributed by atoms with Crippen molar-refractivity contribution in [2.45, 2.75) is 37.7 Å². The van der Waals surface area contributed by atoms with E-state index in [1.165, 1.54) is 11.1 Å². The van der Waals surface area contributed by atoms with Crippen molar-refractivity contribution in [2.75, 3.05) is 0 Å². The van der Waals surface area contributed by atoms with E-state index in [-0.39, 0.29) is 28.9 Å². The first-order chi connectivity index (χ1) is 10.3. The normalized spacial score (nSPS) is 20.0. The average Bonchev–Trinajstić information content (AvgIpc) is 2.95. The van der Waals surface area contributed by atoms with Crippen molar-refractivity contribution in [1.82, 2.24) is 0 Å². The van der Waals surface area contributed by atoms with Crippen LogP contribution in [-0.2, 0) is 52.9 Å². The van der Waals surface area contributed by atoms with Crippen molar-refractivity contribution >= 4 is 5.97 Å². The van der Waals surface area contributed by atoms with Crippen molar-refractivity contribution in [3.05, 3.63) is 55.3 Å². The zero-order valence-electron chi connectivity index (χ0n) is 11.8. The van der Waals surface area contributed by atoms with Crippen LogP contribution in [-0.4, -0.2) is 5.97 Å². The van der Waals surface area contributed by atoms with Gasteiger partial charge in [-0.25, -0.2) is 0 Å². The number of carbonyl (C=O) groups is 1. The molecule has 1 aromatic carbocycles. The SMILES string of the molecule is O=C1CCC2(CCCc3ccccc32)O1.[C-]#[O+].[C-]#[O+].[C-]#[O+].[Cr]. The van der Waals surface area contributed by atoms with E-state index < -0.39 is 0 Å². The largest absolute Gasteiger partial charge is 0 e. The number of aryl methyl sites for hydroxylation is 1. The minimum atomic E-state index is -0.272. The maximum Gasteiger partial charge on any atom is 0 e. The smallest absolute Gasteiger partial charge is 0 e. The summed E-state index contributed by atoms with van der Waals surface area (Å²) in [6, 6.07) is 8.38. The minimum Gasteiger partial charge on any atom is 0 e.